The zero-order chi connectivity index (χ0) is 11.7. The number of piperidine rings is 1. The van der Waals surface area contributed by atoms with Gasteiger partial charge in [0.2, 0.25) is 0 Å². The van der Waals surface area contributed by atoms with Crippen molar-refractivity contribution in [3.63, 3.8) is 0 Å². The minimum absolute atomic E-state index is 0.0516. The van der Waals surface area contributed by atoms with Crippen molar-refractivity contribution in [2.75, 3.05) is 13.1 Å². The fraction of sp³-hybridized carbons (Fsp3) is 0.500. The molecule has 1 saturated heterocycles. The van der Waals surface area contributed by atoms with Gasteiger partial charge in [-0.3, -0.25) is 4.57 Å². The lowest BCUT2D eigenvalue weighted by molar-refractivity contribution is 0.337. The first-order valence-corrected chi connectivity index (χ1v) is 6.09. The molecular formula is C12H16N4O. The van der Waals surface area contributed by atoms with Crippen LogP contribution >= 0.6 is 0 Å². The molecule has 90 valence electrons. The summed E-state index contributed by atoms with van der Waals surface area (Å²) in [7, 11) is 0. The second kappa shape index (κ2) is 4.33. The van der Waals surface area contributed by atoms with Crippen molar-refractivity contribution in [1.29, 1.82) is 0 Å². The maximum absolute atomic E-state index is 11.9. The minimum atomic E-state index is -0.0516. The topological polar surface area (TPSA) is 62.7 Å². The molecule has 0 aromatic carbocycles. The van der Waals surface area contributed by atoms with Crippen LogP contribution in [0.4, 0.5) is 0 Å². The molecule has 2 aromatic rings. The van der Waals surface area contributed by atoms with E-state index in [-0.39, 0.29) is 5.69 Å². The van der Waals surface area contributed by atoms with Gasteiger partial charge < -0.3 is 10.3 Å². The molecule has 1 fully saturated rings. The molecule has 1 aliphatic heterocycles. The zero-order valence-electron chi connectivity index (χ0n) is 9.65. The van der Waals surface area contributed by atoms with Crippen LogP contribution in [0.2, 0.25) is 0 Å². The van der Waals surface area contributed by atoms with Gasteiger partial charge in [-0.1, -0.05) is 0 Å². The first kappa shape index (κ1) is 10.5. The van der Waals surface area contributed by atoms with Crippen LogP contribution in [0.15, 0.2) is 23.1 Å². The summed E-state index contributed by atoms with van der Waals surface area (Å²) in [6.07, 6.45) is 4.10. The summed E-state index contributed by atoms with van der Waals surface area (Å²) in [5.41, 5.74) is 1.54. The third kappa shape index (κ3) is 1.98. The average Bonchev–Trinajstić information content (AvgIpc) is 2.68. The Hall–Kier alpha value is -1.62. The lowest BCUT2D eigenvalue weighted by atomic mass is 10.00. The van der Waals surface area contributed by atoms with E-state index in [1.165, 1.54) is 12.8 Å². The van der Waals surface area contributed by atoms with E-state index in [1.807, 2.05) is 12.1 Å². The number of rotatable bonds is 2. The van der Waals surface area contributed by atoms with Gasteiger partial charge in [0, 0.05) is 12.7 Å². The second-order valence-electron chi connectivity index (χ2n) is 4.63. The van der Waals surface area contributed by atoms with Gasteiger partial charge >= 0.3 is 5.69 Å². The summed E-state index contributed by atoms with van der Waals surface area (Å²) in [6.45, 7) is 2.84. The highest BCUT2D eigenvalue weighted by Gasteiger charge is 2.16. The molecular weight excluding hydrogens is 216 g/mol. The summed E-state index contributed by atoms with van der Waals surface area (Å²) in [5, 5.41) is 3.37. The molecule has 5 nitrogen and oxygen atoms in total. The minimum Gasteiger partial charge on any atom is -0.316 e. The quantitative estimate of drug-likeness (QED) is 0.802. The number of aromatic amines is 1. The highest BCUT2D eigenvalue weighted by atomic mass is 16.1. The number of H-pyrrole nitrogens is 1. The van der Waals surface area contributed by atoms with Gasteiger partial charge in [0.15, 0.2) is 5.65 Å². The fourth-order valence-corrected chi connectivity index (χ4v) is 2.50. The number of imidazole rings is 1. The van der Waals surface area contributed by atoms with Crippen LogP contribution in [0.3, 0.4) is 0 Å². The largest absolute Gasteiger partial charge is 0.327 e. The Kier molecular flexibility index (Phi) is 2.68. The Balaban J connectivity index is 1.93. The van der Waals surface area contributed by atoms with E-state index in [2.05, 4.69) is 15.3 Å². The van der Waals surface area contributed by atoms with E-state index in [1.54, 1.807) is 10.8 Å². The Morgan fingerprint density at radius 1 is 1.53 bits per heavy atom. The molecule has 3 heterocycles. The number of fused-ring (bicyclic) bond motifs is 1. The molecule has 0 aliphatic carbocycles. The molecule has 2 N–H and O–H groups in total. The van der Waals surface area contributed by atoms with Crippen molar-refractivity contribution in [2.45, 2.75) is 19.4 Å². The molecule has 17 heavy (non-hydrogen) atoms. The Morgan fingerprint density at radius 2 is 2.47 bits per heavy atom. The summed E-state index contributed by atoms with van der Waals surface area (Å²) >= 11 is 0. The molecule has 0 saturated carbocycles. The van der Waals surface area contributed by atoms with Crippen molar-refractivity contribution < 1.29 is 0 Å². The van der Waals surface area contributed by atoms with Crippen LogP contribution in [-0.4, -0.2) is 27.6 Å². The number of pyridine rings is 1. The van der Waals surface area contributed by atoms with Gasteiger partial charge in [0.25, 0.3) is 0 Å². The predicted molar refractivity (Wildman–Crippen MR) is 65.9 cm³/mol. The maximum atomic E-state index is 11.9. The van der Waals surface area contributed by atoms with Crippen LogP contribution in [0.5, 0.6) is 0 Å². The van der Waals surface area contributed by atoms with Gasteiger partial charge in [0.1, 0.15) is 0 Å². The molecule has 3 rings (SSSR count). The summed E-state index contributed by atoms with van der Waals surface area (Å²) in [4.78, 5) is 19.0. The van der Waals surface area contributed by atoms with E-state index in [9.17, 15) is 4.79 Å². The van der Waals surface area contributed by atoms with Crippen LogP contribution in [0.25, 0.3) is 11.2 Å². The van der Waals surface area contributed by atoms with Gasteiger partial charge in [-0.05, 0) is 44.0 Å². The number of hydrogen-bond acceptors (Lipinski definition) is 3. The van der Waals surface area contributed by atoms with Crippen molar-refractivity contribution in [3.05, 3.63) is 28.8 Å². The van der Waals surface area contributed by atoms with Gasteiger partial charge in [-0.25, -0.2) is 9.78 Å². The molecule has 0 amide bonds. The number of aromatic nitrogens is 3. The normalized spacial score (nSPS) is 20.8. The van der Waals surface area contributed by atoms with E-state index >= 15 is 0 Å². The summed E-state index contributed by atoms with van der Waals surface area (Å²) in [5.74, 6) is 0.530. The molecule has 0 bridgehead atoms. The van der Waals surface area contributed by atoms with Crippen molar-refractivity contribution in [2.24, 2.45) is 5.92 Å². The molecule has 1 atom stereocenters. The van der Waals surface area contributed by atoms with Crippen LogP contribution < -0.4 is 11.0 Å². The van der Waals surface area contributed by atoms with Crippen molar-refractivity contribution in [3.8, 4) is 0 Å². The molecule has 0 radical (unpaired) electrons. The maximum Gasteiger partial charge on any atom is 0.327 e. The first-order chi connectivity index (χ1) is 8.34. The van der Waals surface area contributed by atoms with Gasteiger partial charge in [-0.2, -0.15) is 0 Å². The molecule has 0 spiro atoms. The zero-order valence-corrected chi connectivity index (χ0v) is 9.65. The van der Waals surface area contributed by atoms with Crippen LogP contribution in [0, 0.1) is 5.92 Å². The Bertz CT molecular complexity index is 565. The SMILES string of the molecule is O=c1[nH]c2cccnc2n1CC1CCCNC1. The van der Waals surface area contributed by atoms with Gasteiger partial charge in [0.05, 0.1) is 5.52 Å². The second-order valence-corrected chi connectivity index (χ2v) is 4.63. The van der Waals surface area contributed by atoms with Crippen molar-refractivity contribution in [1.82, 2.24) is 19.9 Å². The fourth-order valence-electron chi connectivity index (χ4n) is 2.50. The molecule has 2 aromatic heterocycles. The predicted octanol–water partition coefficient (Wildman–Crippen LogP) is 0.724. The number of nitrogens with zero attached hydrogens (tertiary/aromatic N) is 2. The van der Waals surface area contributed by atoms with Gasteiger partial charge in [-0.15, -0.1) is 0 Å². The standard InChI is InChI=1S/C12H16N4O/c17-12-15-10-4-2-6-14-11(10)16(12)8-9-3-1-5-13-7-9/h2,4,6,9,13H,1,3,5,7-8H2,(H,15,17). The third-order valence-electron chi connectivity index (χ3n) is 3.37. The van der Waals surface area contributed by atoms with E-state index in [0.29, 0.717) is 5.92 Å². The lowest BCUT2D eigenvalue weighted by Crippen LogP contribution is -2.34. The monoisotopic (exact) mass is 232 g/mol. The summed E-state index contributed by atoms with van der Waals surface area (Å²) < 4.78 is 1.76. The molecule has 5 heteroatoms. The molecule has 1 unspecified atom stereocenters. The molecule has 1 aliphatic rings. The Labute approximate surface area is 98.9 Å². The smallest absolute Gasteiger partial charge is 0.316 e. The van der Waals surface area contributed by atoms with E-state index in [4.69, 9.17) is 0 Å². The number of hydrogen-bond donors (Lipinski definition) is 2. The first-order valence-electron chi connectivity index (χ1n) is 6.09. The highest BCUT2D eigenvalue weighted by Crippen LogP contribution is 2.14. The average molecular weight is 232 g/mol. The summed E-state index contributed by atoms with van der Waals surface area (Å²) in [6, 6.07) is 3.73. The number of nitrogens with one attached hydrogen (secondary N) is 2. The van der Waals surface area contributed by atoms with Crippen LogP contribution in [-0.2, 0) is 6.54 Å². The van der Waals surface area contributed by atoms with Crippen LogP contribution in [0.1, 0.15) is 12.8 Å². The van der Waals surface area contributed by atoms with Crippen molar-refractivity contribution >= 4 is 11.2 Å². The van der Waals surface area contributed by atoms with E-state index < -0.39 is 0 Å². The highest BCUT2D eigenvalue weighted by molar-refractivity contribution is 5.69. The third-order valence-corrected chi connectivity index (χ3v) is 3.37. The Morgan fingerprint density at radius 3 is 3.29 bits per heavy atom. The lowest BCUT2D eigenvalue weighted by Gasteiger charge is -2.22. The van der Waals surface area contributed by atoms with E-state index in [0.717, 1.165) is 30.8 Å².